The Bertz CT molecular complexity index is 560. The van der Waals surface area contributed by atoms with Gasteiger partial charge < -0.3 is 14.6 Å². The topological polar surface area (TPSA) is 55.8 Å². The van der Waals surface area contributed by atoms with Crippen LogP contribution in [0.1, 0.15) is 44.1 Å². The standard InChI is InChI=1S/C18H24O4S/c1-21-15-6-4-5-14(18(17(19)20)9-2-3-10-18)16(15)22-13-7-11-23-12-8-13/h4-6,13H,2-3,7-12H2,1H3,(H,19,20). The average molecular weight is 336 g/mol. The summed E-state index contributed by atoms with van der Waals surface area (Å²) < 4.78 is 11.8. The summed E-state index contributed by atoms with van der Waals surface area (Å²) in [6, 6.07) is 5.65. The van der Waals surface area contributed by atoms with Gasteiger partial charge >= 0.3 is 5.97 Å². The van der Waals surface area contributed by atoms with Gasteiger partial charge in [0.1, 0.15) is 6.10 Å². The molecule has 5 heteroatoms. The zero-order chi connectivity index (χ0) is 16.3. The molecule has 1 N–H and O–H groups in total. The van der Waals surface area contributed by atoms with E-state index in [1.807, 2.05) is 30.0 Å². The van der Waals surface area contributed by atoms with E-state index in [9.17, 15) is 9.90 Å². The first kappa shape index (κ1) is 16.5. The smallest absolute Gasteiger partial charge is 0.314 e. The first-order valence-electron chi connectivity index (χ1n) is 8.32. The van der Waals surface area contributed by atoms with E-state index in [4.69, 9.17) is 9.47 Å². The van der Waals surface area contributed by atoms with Crippen LogP contribution in [0, 0.1) is 0 Å². The number of ether oxygens (including phenoxy) is 2. The molecular weight excluding hydrogens is 312 g/mol. The zero-order valence-electron chi connectivity index (χ0n) is 13.5. The summed E-state index contributed by atoms with van der Waals surface area (Å²) >= 11 is 1.95. The van der Waals surface area contributed by atoms with Gasteiger partial charge in [-0.1, -0.05) is 25.0 Å². The highest BCUT2D eigenvalue weighted by molar-refractivity contribution is 7.99. The van der Waals surface area contributed by atoms with Crippen LogP contribution in [-0.2, 0) is 10.2 Å². The van der Waals surface area contributed by atoms with Gasteiger partial charge in [0.05, 0.1) is 12.5 Å². The van der Waals surface area contributed by atoms with E-state index >= 15 is 0 Å². The Balaban J connectivity index is 2.00. The lowest BCUT2D eigenvalue weighted by molar-refractivity contribution is -0.143. The van der Waals surface area contributed by atoms with Crippen LogP contribution in [0.4, 0.5) is 0 Å². The third-order valence-corrected chi connectivity index (χ3v) is 6.08. The number of hydrogen-bond acceptors (Lipinski definition) is 4. The Morgan fingerprint density at radius 1 is 1.26 bits per heavy atom. The molecule has 23 heavy (non-hydrogen) atoms. The first-order valence-corrected chi connectivity index (χ1v) is 9.48. The van der Waals surface area contributed by atoms with Crippen LogP contribution in [0.15, 0.2) is 18.2 Å². The Labute approximate surface area is 141 Å². The average Bonchev–Trinajstić information content (AvgIpc) is 3.07. The molecule has 2 aliphatic rings. The molecule has 1 aliphatic heterocycles. The molecule has 0 aromatic heterocycles. The van der Waals surface area contributed by atoms with Crippen molar-refractivity contribution < 1.29 is 19.4 Å². The highest BCUT2D eigenvalue weighted by Gasteiger charge is 2.45. The van der Waals surface area contributed by atoms with Crippen LogP contribution in [0.3, 0.4) is 0 Å². The maximum absolute atomic E-state index is 12.1. The van der Waals surface area contributed by atoms with Crippen LogP contribution in [0.5, 0.6) is 11.5 Å². The minimum Gasteiger partial charge on any atom is -0.493 e. The van der Waals surface area contributed by atoms with Crippen LogP contribution < -0.4 is 9.47 Å². The van der Waals surface area contributed by atoms with Gasteiger partial charge in [0.15, 0.2) is 11.5 Å². The molecule has 1 heterocycles. The van der Waals surface area contributed by atoms with Gasteiger partial charge in [0, 0.05) is 5.56 Å². The van der Waals surface area contributed by atoms with Crippen molar-refractivity contribution >= 4 is 17.7 Å². The Kier molecular flexibility index (Phi) is 5.05. The number of carbonyl (C=O) groups is 1. The highest BCUT2D eigenvalue weighted by atomic mass is 32.2. The van der Waals surface area contributed by atoms with Crippen LogP contribution in [0.2, 0.25) is 0 Å². The predicted octanol–water partition coefficient (Wildman–Crippen LogP) is 3.87. The van der Waals surface area contributed by atoms with Crippen molar-refractivity contribution in [2.75, 3.05) is 18.6 Å². The number of para-hydroxylation sites is 1. The number of carboxylic acid groups (broad SMARTS) is 1. The van der Waals surface area contributed by atoms with Crippen LogP contribution in [0.25, 0.3) is 0 Å². The Morgan fingerprint density at radius 3 is 2.57 bits per heavy atom. The van der Waals surface area contributed by atoms with E-state index in [2.05, 4.69) is 0 Å². The van der Waals surface area contributed by atoms with Crippen LogP contribution >= 0.6 is 11.8 Å². The van der Waals surface area contributed by atoms with Crippen molar-refractivity contribution in [3.8, 4) is 11.5 Å². The summed E-state index contributed by atoms with van der Waals surface area (Å²) in [5.74, 6) is 2.75. The Morgan fingerprint density at radius 2 is 1.96 bits per heavy atom. The summed E-state index contributed by atoms with van der Waals surface area (Å²) in [4.78, 5) is 12.1. The third kappa shape index (κ3) is 3.16. The minimum atomic E-state index is -0.826. The van der Waals surface area contributed by atoms with Crippen molar-refractivity contribution in [2.45, 2.75) is 50.0 Å². The minimum absolute atomic E-state index is 0.151. The molecule has 0 unspecified atom stereocenters. The summed E-state index contributed by atoms with van der Waals surface area (Å²) in [6.07, 6.45) is 5.40. The molecule has 0 radical (unpaired) electrons. The van der Waals surface area contributed by atoms with E-state index in [0.29, 0.717) is 24.3 Å². The molecule has 0 amide bonds. The largest absolute Gasteiger partial charge is 0.493 e. The lowest BCUT2D eigenvalue weighted by Crippen LogP contribution is -2.34. The molecular formula is C18H24O4S. The molecule has 1 aromatic rings. The molecule has 2 fully saturated rings. The molecule has 4 nitrogen and oxygen atoms in total. The fourth-order valence-corrected chi connectivity index (χ4v) is 4.78. The van der Waals surface area contributed by atoms with Crippen molar-refractivity contribution in [1.82, 2.24) is 0 Å². The van der Waals surface area contributed by atoms with Crippen molar-refractivity contribution in [1.29, 1.82) is 0 Å². The number of carboxylic acids is 1. The van der Waals surface area contributed by atoms with Gasteiger partial charge in [-0.3, -0.25) is 4.79 Å². The Hall–Kier alpha value is -1.36. The second kappa shape index (κ2) is 7.04. The molecule has 126 valence electrons. The first-order chi connectivity index (χ1) is 11.2. The molecule has 1 aromatic carbocycles. The lowest BCUT2D eigenvalue weighted by Gasteiger charge is -2.30. The van der Waals surface area contributed by atoms with E-state index in [-0.39, 0.29) is 6.10 Å². The monoisotopic (exact) mass is 336 g/mol. The van der Waals surface area contributed by atoms with Gasteiger partial charge in [-0.15, -0.1) is 0 Å². The number of methoxy groups -OCH3 is 1. The van der Waals surface area contributed by atoms with Crippen molar-refractivity contribution in [2.24, 2.45) is 0 Å². The maximum Gasteiger partial charge on any atom is 0.314 e. The van der Waals surface area contributed by atoms with E-state index < -0.39 is 11.4 Å². The van der Waals surface area contributed by atoms with Gasteiger partial charge in [-0.25, -0.2) is 0 Å². The summed E-state index contributed by atoms with van der Waals surface area (Å²) in [6.45, 7) is 0. The fourth-order valence-electron chi connectivity index (χ4n) is 3.71. The number of benzene rings is 1. The number of thioether (sulfide) groups is 1. The molecule has 1 aliphatic carbocycles. The van der Waals surface area contributed by atoms with Crippen LogP contribution in [-0.4, -0.2) is 35.8 Å². The molecule has 0 bridgehead atoms. The predicted molar refractivity (Wildman–Crippen MR) is 91.8 cm³/mol. The van der Waals surface area contributed by atoms with Gasteiger partial charge in [0.2, 0.25) is 0 Å². The summed E-state index contributed by atoms with van der Waals surface area (Å²) in [5, 5.41) is 9.91. The second-order valence-electron chi connectivity index (χ2n) is 6.36. The van der Waals surface area contributed by atoms with Crippen molar-refractivity contribution in [3.05, 3.63) is 23.8 Å². The molecule has 1 saturated heterocycles. The normalized spacial score (nSPS) is 21.1. The molecule has 1 saturated carbocycles. The number of aliphatic carboxylic acids is 1. The number of hydrogen-bond donors (Lipinski definition) is 1. The third-order valence-electron chi connectivity index (χ3n) is 5.03. The summed E-state index contributed by atoms with van der Waals surface area (Å²) in [5.41, 5.74) is -0.0344. The maximum atomic E-state index is 12.1. The quantitative estimate of drug-likeness (QED) is 0.885. The van der Waals surface area contributed by atoms with Gasteiger partial charge in [-0.2, -0.15) is 11.8 Å². The van der Waals surface area contributed by atoms with E-state index in [1.54, 1.807) is 7.11 Å². The zero-order valence-corrected chi connectivity index (χ0v) is 14.4. The number of rotatable bonds is 5. The van der Waals surface area contributed by atoms with Gasteiger partial charge in [-0.05, 0) is 43.3 Å². The fraction of sp³-hybridized carbons (Fsp3) is 0.611. The molecule has 0 spiro atoms. The SMILES string of the molecule is COc1cccc(C2(C(=O)O)CCCC2)c1OC1CCSCC1. The van der Waals surface area contributed by atoms with E-state index in [0.717, 1.165) is 42.8 Å². The second-order valence-corrected chi connectivity index (χ2v) is 7.59. The lowest BCUT2D eigenvalue weighted by atomic mass is 9.78. The molecule has 0 atom stereocenters. The van der Waals surface area contributed by atoms with E-state index in [1.165, 1.54) is 0 Å². The van der Waals surface area contributed by atoms with Crippen molar-refractivity contribution in [3.63, 3.8) is 0 Å². The molecule has 3 rings (SSSR count). The van der Waals surface area contributed by atoms with Gasteiger partial charge in [0.25, 0.3) is 0 Å². The highest BCUT2D eigenvalue weighted by Crippen LogP contribution is 2.48. The summed E-state index contributed by atoms with van der Waals surface area (Å²) in [7, 11) is 1.62.